The lowest BCUT2D eigenvalue weighted by Gasteiger charge is -2.28. The minimum atomic E-state index is -1.63. The normalized spacial score (nSPS) is 10.8. The number of benzene rings is 3. The maximum atomic E-state index is 2.33. The molecule has 3 rings (SSSR count). The van der Waals surface area contributed by atoms with Gasteiger partial charge in [-0.05, 0) is 69.9 Å². The molecule has 0 unspecified atom stereocenters. The zero-order valence-electron chi connectivity index (χ0n) is 16.7. The van der Waals surface area contributed by atoms with Crippen LogP contribution in [0.2, 0.25) is 0 Å². The highest BCUT2D eigenvalue weighted by atomic mass is 79.9. The van der Waals surface area contributed by atoms with Crippen molar-refractivity contribution in [3.63, 3.8) is 0 Å². The van der Waals surface area contributed by atoms with E-state index in [4.69, 9.17) is 0 Å². The summed E-state index contributed by atoms with van der Waals surface area (Å²) < 4.78 is 0. The van der Waals surface area contributed by atoms with Crippen LogP contribution in [0.3, 0.4) is 0 Å². The molecule has 0 aliphatic heterocycles. The third-order valence-electron chi connectivity index (χ3n) is 4.94. The van der Waals surface area contributed by atoms with Crippen LogP contribution in [0.4, 0.5) is 0 Å². The van der Waals surface area contributed by atoms with Crippen molar-refractivity contribution in [2.45, 2.75) is 12.8 Å². The molecule has 0 aliphatic rings. The largest absolute Gasteiger partial charge is 1.00 e. The SMILES string of the molecule is Br.CN(C)CCCC[P+](c1ccccc1)(c1ccccc1)c1ccccc1.[Br-]. The van der Waals surface area contributed by atoms with Crippen LogP contribution in [0.25, 0.3) is 0 Å². The summed E-state index contributed by atoms with van der Waals surface area (Å²) in [6.07, 6.45) is 3.70. The van der Waals surface area contributed by atoms with Crippen molar-refractivity contribution >= 4 is 40.2 Å². The Bertz CT molecular complexity index is 683. The molecular weight excluding hydrogens is 493 g/mol. The Kier molecular flexibility index (Phi) is 11.2. The Labute approximate surface area is 192 Å². The van der Waals surface area contributed by atoms with Gasteiger partial charge in [0.15, 0.2) is 0 Å². The molecule has 0 atom stereocenters. The van der Waals surface area contributed by atoms with Crippen LogP contribution in [-0.4, -0.2) is 31.7 Å². The van der Waals surface area contributed by atoms with Crippen LogP contribution in [0.15, 0.2) is 91.0 Å². The molecule has 0 fully saturated rings. The van der Waals surface area contributed by atoms with Gasteiger partial charge in [0.05, 0.1) is 6.16 Å². The van der Waals surface area contributed by atoms with E-state index < -0.39 is 7.26 Å². The predicted molar refractivity (Wildman–Crippen MR) is 128 cm³/mol. The van der Waals surface area contributed by atoms with Crippen LogP contribution in [-0.2, 0) is 0 Å². The lowest BCUT2D eigenvalue weighted by atomic mass is 10.3. The molecule has 0 bridgehead atoms. The van der Waals surface area contributed by atoms with Gasteiger partial charge in [0.25, 0.3) is 0 Å². The average molecular weight is 523 g/mol. The monoisotopic (exact) mass is 521 g/mol. The predicted octanol–water partition coefficient (Wildman–Crippen LogP) is 1.90. The number of halogens is 2. The molecule has 0 aliphatic carbocycles. The van der Waals surface area contributed by atoms with E-state index in [-0.39, 0.29) is 34.0 Å². The summed E-state index contributed by atoms with van der Waals surface area (Å²) in [5, 5.41) is 4.46. The van der Waals surface area contributed by atoms with Crippen molar-refractivity contribution in [1.29, 1.82) is 0 Å². The number of hydrogen-bond donors (Lipinski definition) is 0. The summed E-state index contributed by atoms with van der Waals surface area (Å²) in [7, 11) is 2.69. The summed E-state index contributed by atoms with van der Waals surface area (Å²) in [5.41, 5.74) is 0. The van der Waals surface area contributed by atoms with E-state index in [0.29, 0.717) is 0 Å². The standard InChI is InChI=1S/C24H29NP.2BrH/c1-25(2)20-12-13-21-26(22-14-6-3-7-15-22,23-16-8-4-9-17-23)24-18-10-5-11-19-24;;/h3-11,14-19H,12-13,20-21H2,1-2H3;2*1H/q+1;;/p-1. The lowest BCUT2D eigenvalue weighted by Crippen LogP contribution is -3.00. The molecule has 0 aromatic heterocycles. The molecule has 0 spiro atoms. The van der Waals surface area contributed by atoms with Gasteiger partial charge in [-0.3, -0.25) is 0 Å². The Balaban J connectivity index is 0.00000196. The van der Waals surface area contributed by atoms with E-state index in [9.17, 15) is 0 Å². The van der Waals surface area contributed by atoms with E-state index in [1.807, 2.05) is 0 Å². The van der Waals surface area contributed by atoms with Gasteiger partial charge in [0.1, 0.15) is 23.2 Å². The summed E-state index contributed by atoms with van der Waals surface area (Å²) in [6, 6.07) is 33.5. The zero-order chi connectivity index (χ0) is 18.2. The first kappa shape index (κ1) is 25.0. The van der Waals surface area contributed by atoms with Gasteiger partial charge in [-0.2, -0.15) is 0 Å². The molecule has 0 saturated heterocycles. The number of hydrogen-bond acceptors (Lipinski definition) is 1. The Morgan fingerprint density at radius 3 is 1.29 bits per heavy atom. The third kappa shape index (κ3) is 6.00. The average Bonchev–Trinajstić information content (AvgIpc) is 2.70. The molecule has 0 radical (unpaired) electrons. The molecule has 3 aromatic carbocycles. The third-order valence-corrected chi connectivity index (χ3v) is 9.47. The summed E-state index contributed by atoms with van der Waals surface area (Å²) in [5.74, 6) is 0. The van der Waals surface area contributed by atoms with Gasteiger partial charge >= 0.3 is 0 Å². The zero-order valence-corrected chi connectivity index (χ0v) is 20.9. The molecule has 4 heteroatoms. The number of rotatable bonds is 8. The van der Waals surface area contributed by atoms with Gasteiger partial charge in [0.2, 0.25) is 0 Å². The number of nitrogens with zero attached hydrogens (tertiary/aromatic N) is 1. The smallest absolute Gasteiger partial charge is 0.112 e. The highest BCUT2D eigenvalue weighted by Gasteiger charge is 2.44. The maximum Gasteiger partial charge on any atom is 0.112 e. The second-order valence-corrected chi connectivity index (χ2v) is 10.7. The first-order chi connectivity index (χ1) is 12.7. The second-order valence-electron chi connectivity index (χ2n) is 7.05. The van der Waals surface area contributed by atoms with E-state index in [1.54, 1.807) is 0 Å². The summed E-state index contributed by atoms with van der Waals surface area (Å²) in [6.45, 7) is 1.15. The first-order valence-electron chi connectivity index (χ1n) is 9.43. The molecular formula is C24H30Br2NP. The molecule has 28 heavy (non-hydrogen) atoms. The highest BCUT2D eigenvalue weighted by Crippen LogP contribution is 2.55. The van der Waals surface area contributed by atoms with E-state index in [0.717, 1.165) is 6.54 Å². The molecule has 0 N–H and O–H groups in total. The Morgan fingerprint density at radius 2 is 0.964 bits per heavy atom. The van der Waals surface area contributed by atoms with Crippen LogP contribution >= 0.6 is 24.2 Å². The molecule has 1 nitrogen and oxygen atoms in total. The maximum absolute atomic E-state index is 2.33. The Hall–Kier alpha value is -0.990. The minimum absolute atomic E-state index is 0. The fourth-order valence-electron chi connectivity index (χ4n) is 3.66. The lowest BCUT2D eigenvalue weighted by molar-refractivity contribution is -0.00000535. The van der Waals surface area contributed by atoms with Crippen LogP contribution < -0.4 is 32.9 Å². The van der Waals surface area contributed by atoms with Crippen LogP contribution in [0.1, 0.15) is 12.8 Å². The molecule has 0 heterocycles. The van der Waals surface area contributed by atoms with Gasteiger partial charge in [0, 0.05) is 0 Å². The highest BCUT2D eigenvalue weighted by molar-refractivity contribution is 8.93. The molecule has 0 saturated carbocycles. The van der Waals surface area contributed by atoms with Crippen molar-refractivity contribution in [3.8, 4) is 0 Å². The molecule has 0 amide bonds. The first-order valence-corrected chi connectivity index (χ1v) is 11.4. The quantitative estimate of drug-likeness (QED) is 0.322. The summed E-state index contributed by atoms with van der Waals surface area (Å²) >= 11 is 0. The van der Waals surface area contributed by atoms with E-state index in [2.05, 4.69) is 110 Å². The van der Waals surface area contributed by atoms with E-state index >= 15 is 0 Å². The minimum Gasteiger partial charge on any atom is -1.00 e. The van der Waals surface area contributed by atoms with Gasteiger partial charge in [-0.1, -0.05) is 54.6 Å². The van der Waals surface area contributed by atoms with Crippen molar-refractivity contribution in [2.75, 3.05) is 26.8 Å². The van der Waals surface area contributed by atoms with Gasteiger partial charge < -0.3 is 21.9 Å². The van der Waals surface area contributed by atoms with Crippen molar-refractivity contribution in [1.82, 2.24) is 4.90 Å². The van der Waals surface area contributed by atoms with Gasteiger partial charge in [-0.15, -0.1) is 17.0 Å². The van der Waals surface area contributed by atoms with E-state index in [1.165, 1.54) is 34.9 Å². The van der Waals surface area contributed by atoms with Gasteiger partial charge in [-0.25, -0.2) is 0 Å². The topological polar surface area (TPSA) is 3.24 Å². The van der Waals surface area contributed by atoms with Crippen molar-refractivity contribution in [2.24, 2.45) is 0 Å². The fraction of sp³-hybridized carbons (Fsp3) is 0.250. The van der Waals surface area contributed by atoms with Crippen molar-refractivity contribution in [3.05, 3.63) is 91.0 Å². The van der Waals surface area contributed by atoms with Crippen LogP contribution in [0.5, 0.6) is 0 Å². The summed E-state index contributed by atoms with van der Waals surface area (Å²) in [4.78, 5) is 2.29. The molecule has 3 aromatic rings. The van der Waals surface area contributed by atoms with Crippen molar-refractivity contribution < 1.29 is 17.0 Å². The number of unbranched alkanes of at least 4 members (excludes halogenated alkanes) is 1. The molecule has 150 valence electrons. The fourth-order valence-corrected chi connectivity index (χ4v) is 8.07. The van der Waals surface area contributed by atoms with Crippen LogP contribution in [0, 0.1) is 0 Å². The second kappa shape index (κ2) is 12.5. The Morgan fingerprint density at radius 1 is 0.607 bits per heavy atom.